The number of nitrogens with zero attached hydrogens (tertiary/aromatic N) is 2. The summed E-state index contributed by atoms with van der Waals surface area (Å²) in [6.45, 7) is 5.43. The molecule has 0 saturated carbocycles. The van der Waals surface area contributed by atoms with Gasteiger partial charge in [-0.2, -0.15) is 0 Å². The Labute approximate surface area is 156 Å². The first-order chi connectivity index (χ1) is 12.7. The Kier molecular flexibility index (Phi) is 7.50. The molecule has 2 aliphatic heterocycles. The van der Waals surface area contributed by atoms with Gasteiger partial charge < -0.3 is 15.0 Å². The summed E-state index contributed by atoms with van der Waals surface area (Å²) in [5.74, 6) is 0.352. The molecular weight excluding hydrogens is 330 g/mol. The number of carbonyl (C=O) groups excluding carboxylic acids is 2. The van der Waals surface area contributed by atoms with Gasteiger partial charge in [-0.05, 0) is 51.5 Å². The van der Waals surface area contributed by atoms with Gasteiger partial charge in [-0.3, -0.25) is 14.5 Å². The molecule has 1 atom stereocenters. The molecule has 146 valence electrons. The molecule has 3 aliphatic rings. The lowest BCUT2D eigenvalue weighted by Gasteiger charge is -2.35. The summed E-state index contributed by atoms with van der Waals surface area (Å²) in [6.07, 6.45) is 10.2. The summed E-state index contributed by atoms with van der Waals surface area (Å²) in [5, 5.41) is 3.05. The highest BCUT2D eigenvalue weighted by Crippen LogP contribution is 2.20. The third-order valence-corrected chi connectivity index (χ3v) is 5.70. The molecule has 6 nitrogen and oxygen atoms in total. The lowest BCUT2D eigenvalue weighted by molar-refractivity contribution is -0.142. The number of ether oxygens (including phenoxy) is 1. The first-order valence-corrected chi connectivity index (χ1v) is 10.3. The van der Waals surface area contributed by atoms with E-state index in [0.29, 0.717) is 39.4 Å². The topological polar surface area (TPSA) is 61.9 Å². The number of nitrogens with one attached hydrogen (secondary N) is 1. The van der Waals surface area contributed by atoms with Gasteiger partial charge in [-0.25, -0.2) is 0 Å². The number of hydrogen-bond acceptors (Lipinski definition) is 4. The quantitative estimate of drug-likeness (QED) is 0.728. The van der Waals surface area contributed by atoms with Crippen LogP contribution >= 0.6 is 0 Å². The fraction of sp³-hybridized carbons (Fsp3) is 0.800. The molecule has 0 spiro atoms. The molecule has 1 aliphatic carbocycles. The zero-order valence-electron chi connectivity index (χ0n) is 15.9. The van der Waals surface area contributed by atoms with Gasteiger partial charge in [0, 0.05) is 26.2 Å². The Morgan fingerprint density at radius 2 is 2.00 bits per heavy atom. The number of likely N-dealkylation sites (tertiary alicyclic amines) is 1. The van der Waals surface area contributed by atoms with Crippen molar-refractivity contribution in [2.45, 2.75) is 44.9 Å². The van der Waals surface area contributed by atoms with Gasteiger partial charge in [0.1, 0.15) is 0 Å². The molecule has 0 aromatic rings. The van der Waals surface area contributed by atoms with E-state index >= 15 is 0 Å². The highest BCUT2D eigenvalue weighted by atomic mass is 16.5. The number of morpholine rings is 1. The molecule has 2 fully saturated rings. The van der Waals surface area contributed by atoms with Crippen LogP contribution in [0.3, 0.4) is 0 Å². The van der Waals surface area contributed by atoms with Crippen LogP contribution in [0.1, 0.15) is 44.9 Å². The Balaban J connectivity index is 1.37. The van der Waals surface area contributed by atoms with Crippen molar-refractivity contribution in [1.29, 1.82) is 0 Å². The van der Waals surface area contributed by atoms with Gasteiger partial charge in [-0.1, -0.05) is 11.6 Å². The van der Waals surface area contributed by atoms with E-state index in [2.05, 4.69) is 16.3 Å². The van der Waals surface area contributed by atoms with Crippen LogP contribution in [0.15, 0.2) is 11.6 Å². The van der Waals surface area contributed by atoms with E-state index in [9.17, 15) is 9.59 Å². The minimum absolute atomic E-state index is 0.0297. The smallest absolute Gasteiger partial charge is 0.234 e. The van der Waals surface area contributed by atoms with Crippen LogP contribution in [0.5, 0.6) is 0 Å². The maximum absolute atomic E-state index is 12.7. The standard InChI is InChI=1S/C20H33N3O3/c24-19(21-9-8-17-5-2-1-3-6-17)16-22-10-4-7-18(15-22)20(25)23-11-13-26-14-12-23/h5,18H,1-4,6-16H2,(H,21,24). The van der Waals surface area contributed by atoms with Gasteiger partial charge in [0.15, 0.2) is 0 Å². The number of carbonyl (C=O) groups is 2. The molecule has 0 bridgehead atoms. The number of hydrogen-bond donors (Lipinski definition) is 1. The van der Waals surface area contributed by atoms with Gasteiger partial charge in [-0.15, -0.1) is 0 Å². The van der Waals surface area contributed by atoms with E-state index in [1.165, 1.54) is 31.3 Å². The Hall–Kier alpha value is -1.40. The minimum Gasteiger partial charge on any atom is -0.378 e. The van der Waals surface area contributed by atoms with E-state index < -0.39 is 0 Å². The van der Waals surface area contributed by atoms with Crippen LogP contribution < -0.4 is 5.32 Å². The van der Waals surface area contributed by atoms with Crippen LogP contribution in [-0.2, 0) is 14.3 Å². The molecular formula is C20H33N3O3. The summed E-state index contributed by atoms with van der Waals surface area (Å²) >= 11 is 0. The summed E-state index contributed by atoms with van der Waals surface area (Å²) in [7, 11) is 0. The summed E-state index contributed by atoms with van der Waals surface area (Å²) in [6, 6.07) is 0. The van der Waals surface area contributed by atoms with Crippen molar-refractivity contribution < 1.29 is 14.3 Å². The second kappa shape index (κ2) is 10.1. The summed E-state index contributed by atoms with van der Waals surface area (Å²) < 4.78 is 5.33. The van der Waals surface area contributed by atoms with Gasteiger partial charge in [0.25, 0.3) is 0 Å². The van der Waals surface area contributed by atoms with E-state index in [1.54, 1.807) is 0 Å². The van der Waals surface area contributed by atoms with E-state index in [-0.39, 0.29) is 17.7 Å². The molecule has 2 amide bonds. The average molecular weight is 364 g/mol. The zero-order chi connectivity index (χ0) is 18.2. The Morgan fingerprint density at radius 3 is 2.77 bits per heavy atom. The van der Waals surface area contributed by atoms with Gasteiger partial charge >= 0.3 is 0 Å². The monoisotopic (exact) mass is 363 g/mol. The molecule has 3 rings (SSSR count). The largest absolute Gasteiger partial charge is 0.378 e. The van der Waals surface area contributed by atoms with Crippen LogP contribution in [0.25, 0.3) is 0 Å². The lowest BCUT2D eigenvalue weighted by Crippen LogP contribution is -2.50. The van der Waals surface area contributed by atoms with Crippen LogP contribution in [-0.4, -0.2) is 74.1 Å². The molecule has 2 saturated heterocycles. The molecule has 1 unspecified atom stereocenters. The predicted octanol–water partition coefficient (Wildman–Crippen LogP) is 1.56. The van der Waals surface area contributed by atoms with Crippen molar-refractivity contribution in [2.75, 3.05) is 52.5 Å². The lowest BCUT2D eigenvalue weighted by atomic mass is 9.96. The van der Waals surface area contributed by atoms with Crippen molar-refractivity contribution in [2.24, 2.45) is 5.92 Å². The molecule has 2 heterocycles. The molecule has 6 heteroatoms. The van der Waals surface area contributed by atoms with Gasteiger partial charge in [0.05, 0.1) is 25.7 Å². The minimum atomic E-state index is 0.0297. The maximum Gasteiger partial charge on any atom is 0.234 e. The second-order valence-electron chi connectivity index (χ2n) is 7.72. The first-order valence-electron chi connectivity index (χ1n) is 10.3. The van der Waals surface area contributed by atoms with E-state index in [4.69, 9.17) is 4.74 Å². The van der Waals surface area contributed by atoms with E-state index in [1.807, 2.05) is 4.90 Å². The van der Waals surface area contributed by atoms with Crippen molar-refractivity contribution in [1.82, 2.24) is 15.1 Å². The molecule has 0 aromatic heterocycles. The fourth-order valence-electron chi connectivity index (χ4n) is 4.20. The number of rotatable bonds is 6. The molecule has 1 N–H and O–H groups in total. The van der Waals surface area contributed by atoms with Crippen LogP contribution in [0.2, 0.25) is 0 Å². The summed E-state index contributed by atoms with van der Waals surface area (Å²) in [4.78, 5) is 29.0. The second-order valence-corrected chi connectivity index (χ2v) is 7.72. The third-order valence-electron chi connectivity index (χ3n) is 5.70. The SMILES string of the molecule is O=C(CN1CCCC(C(=O)N2CCOCC2)C1)NCCC1=CCCCC1. The van der Waals surface area contributed by atoms with Crippen LogP contribution in [0.4, 0.5) is 0 Å². The summed E-state index contributed by atoms with van der Waals surface area (Å²) in [5.41, 5.74) is 1.49. The highest BCUT2D eigenvalue weighted by molar-refractivity contribution is 5.80. The van der Waals surface area contributed by atoms with Crippen LogP contribution in [0, 0.1) is 5.92 Å². The van der Waals surface area contributed by atoms with Crippen molar-refractivity contribution in [3.8, 4) is 0 Å². The van der Waals surface area contributed by atoms with Crippen molar-refractivity contribution in [3.63, 3.8) is 0 Å². The maximum atomic E-state index is 12.7. The average Bonchev–Trinajstić information content (AvgIpc) is 2.69. The van der Waals surface area contributed by atoms with Crippen molar-refractivity contribution >= 4 is 11.8 Å². The Bertz CT molecular complexity index is 514. The fourth-order valence-corrected chi connectivity index (χ4v) is 4.20. The number of piperidine rings is 1. The zero-order valence-corrected chi connectivity index (χ0v) is 15.9. The molecule has 0 radical (unpaired) electrons. The predicted molar refractivity (Wildman–Crippen MR) is 101 cm³/mol. The normalized spacial score (nSPS) is 24.8. The molecule has 0 aromatic carbocycles. The van der Waals surface area contributed by atoms with Gasteiger partial charge in [0.2, 0.25) is 11.8 Å². The molecule has 26 heavy (non-hydrogen) atoms. The third kappa shape index (κ3) is 5.81. The highest BCUT2D eigenvalue weighted by Gasteiger charge is 2.30. The number of amides is 2. The Morgan fingerprint density at radius 1 is 1.15 bits per heavy atom. The van der Waals surface area contributed by atoms with E-state index in [0.717, 1.165) is 32.4 Å². The van der Waals surface area contributed by atoms with Crippen molar-refractivity contribution in [3.05, 3.63) is 11.6 Å². The number of allylic oxidation sites excluding steroid dienone is 1. The first kappa shape index (κ1) is 19.4.